The van der Waals surface area contributed by atoms with E-state index in [4.69, 9.17) is 32.7 Å². The molecule has 0 amide bonds. The van der Waals surface area contributed by atoms with Crippen LogP contribution in [0.25, 0.3) is 11.1 Å². The fourth-order valence-electron chi connectivity index (χ4n) is 3.79. The molecule has 2 N–H and O–H groups in total. The van der Waals surface area contributed by atoms with Crippen LogP contribution in [0.2, 0.25) is 10.0 Å². The van der Waals surface area contributed by atoms with Crippen molar-refractivity contribution in [2.45, 2.75) is 44.9 Å². The van der Waals surface area contributed by atoms with Crippen LogP contribution in [0.15, 0.2) is 66.7 Å². The molecule has 0 saturated carbocycles. The lowest BCUT2D eigenvalue weighted by atomic mass is 10.0. The summed E-state index contributed by atoms with van der Waals surface area (Å²) in [6.07, 6.45) is -0.525. The van der Waals surface area contributed by atoms with E-state index in [1.807, 2.05) is 24.3 Å². The van der Waals surface area contributed by atoms with Crippen LogP contribution in [0, 0.1) is 0 Å². The molecule has 0 spiro atoms. The molecule has 8 heteroatoms. The van der Waals surface area contributed by atoms with E-state index in [9.17, 15) is 14.7 Å². The van der Waals surface area contributed by atoms with Crippen LogP contribution in [-0.4, -0.2) is 42.3 Å². The Hall–Kier alpha value is -2.90. The first-order valence-corrected chi connectivity index (χ1v) is 12.6. The molecule has 0 aliphatic carbocycles. The number of methoxy groups -OCH3 is 1. The number of hydrogen-bond acceptors (Lipinski definition) is 6. The molecule has 3 aromatic carbocycles. The van der Waals surface area contributed by atoms with Crippen LogP contribution in [0.4, 0.5) is 0 Å². The molecule has 0 saturated heterocycles. The second kappa shape index (κ2) is 12.6. The third-order valence-electron chi connectivity index (χ3n) is 5.60. The summed E-state index contributed by atoms with van der Waals surface area (Å²) in [4.78, 5) is 24.6. The highest BCUT2D eigenvalue weighted by Crippen LogP contribution is 2.29. The summed E-state index contributed by atoms with van der Waals surface area (Å²) in [5, 5.41) is 15.0. The molecule has 0 fully saturated rings. The number of ether oxygens (including phenoxy) is 2. The van der Waals surface area contributed by atoms with Crippen molar-refractivity contribution in [1.82, 2.24) is 5.32 Å². The van der Waals surface area contributed by atoms with Crippen molar-refractivity contribution in [3.05, 3.63) is 93.5 Å². The molecule has 6 nitrogen and oxygen atoms in total. The van der Waals surface area contributed by atoms with Crippen LogP contribution in [0.5, 0.6) is 0 Å². The molecule has 1 unspecified atom stereocenters. The fourth-order valence-corrected chi connectivity index (χ4v) is 4.28. The van der Waals surface area contributed by atoms with Gasteiger partial charge in [0.15, 0.2) is 0 Å². The van der Waals surface area contributed by atoms with E-state index < -0.39 is 29.7 Å². The van der Waals surface area contributed by atoms with Crippen molar-refractivity contribution in [2.75, 3.05) is 13.7 Å². The number of esters is 2. The third kappa shape index (κ3) is 8.04. The average molecular weight is 544 g/mol. The van der Waals surface area contributed by atoms with Crippen LogP contribution < -0.4 is 5.32 Å². The van der Waals surface area contributed by atoms with Gasteiger partial charge in [-0.1, -0.05) is 65.7 Å². The van der Waals surface area contributed by atoms with Crippen LogP contribution in [0.3, 0.4) is 0 Å². The third-order valence-corrected chi connectivity index (χ3v) is 6.15. The number of hydrogen-bond donors (Lipinski definition) is 2. The van der Waals surface area contributed by atoms with Crippen molar-refractivity contribution in [2.24, 2.45) is 0 Å². The molecule has 0 bridgehead atoms. The summed E-state index contributed by atoms with van der Waals surface area (Å²) in [5.41, 5.74) is 2.94. The minimum atomic E-state index is -1.13. The zero-order valence-corrected chi connectivity index (χ0v) is 22.8. The SMILES string of the molecule is COC(=O)c1ccc(-c2ccc(CCNC(C(=O)OC(C)(C)C)[C@H](O)c3cccc(Cl)c3)cc2)c(Cl)c1. The van der Waals surface area contributed by atoms with Crippen LogP contribution in [0.1, 0.15) is 48.4 Å². The van der Waals surface area contributed by atoms with Gasteiger partial charge in [-0.2, -0.15) is 0 Å². The van der Waals surface area contributed by atoms with E-state index in [-0.39, 0.29) is 0 Å². The number of carbonyl (C=O) groups excluding carboxylic acids is 2. The molecular formula is C29H31Cl2NO5. The zero-order valence-electron chi connectivity index (χ0n) is 21.3. The summed E-state index contributed by atoms with van der Waals surface area (Å²) >= 11 is 12.5. The monoisotopic (exact) mass is 543 g/mol. The Labute approximate surface area is 227 Å². The number of benzene rings is 3. The second-order valence-electron chi connectivity index (χ2n) is 9.60. The standard InChI is InChI=1S/C29H31Cl2NO5/c1-29(2,3)37-28(35)25(26(33)20-6-5-7-22(30)16-20)32-15-14-18-8-10-19(11-9-18)23-13-12-21(17-24(23)31)27(34)36-4/h5-13,16-17,25-26,32-33H,14-15H2,1-4H3/t25?,26-/m1/s1. The van der Waals surface area contributed by atoms with Gasteiger partial charge in [0, 0.05) is 22.2 Å². The van der Waals surface area contributed by atoms with E-state index in [1.165, 1.54) is 7.11 Å². The van der Waals surface area contributed by atoms with Crippen molar-refractivity contribution in [3.63, 3.8) is 0 Å². The van der Waals surface area contributed by atoms with Crippen LogP contribution in [-0.2, 0) is 20.7 Å². The van der Waals surface area contributed by atoms with Crippen LogP contribution >= 0.6 is 23.2 Å². The first kappa shape index (κ1) is 28.7. The largest absolute Gasteiger partial charge is 0.465 e. The lowest BCUT2D eigenvalue weighted by Gasteiger charge is -2.27. The van der Waals surface area contributed by atoms with Crippen molar-refractivity contribution in [1.29, 1.82) is 0 Å². The topological polar surface area (TPSA) is 84.9 Å². The number of aliphatic hydroxyl groups excluding tert-OH is 1. The predicted octanol–water partition coefficient (Wildman–Crippen LogP) is 6.02. The van der Waals surface area contributed by atoms with E-state index in [0.29, 0.717) is 34.1 Å². The van der Waals surface area contributed by atoms with E-state index >= 15 is 0 Å². The second-order valence-corrected chi connectivity index (χ2v) is 10.4. The molecule has 3 aromatic rings. The quantitative estimate of drug-likeness (QED) is 0.321. The summed E-state index contributed by atoms with van der Waals surface area (Å²) in [6.45, 7) is 5.77. The number of nitrogens with one attached hydrogen (secondary N) is 1. The van der Waals surface area contributed by atoms with Gasteiger partial charge in [-0.15, -0.1) is 0 Å². The van der Waals surface area contributed by atoms with Crippen molar-refractivity contribution in [3.8, 4) is 11.1 Å². The molecule has 0 heterocycles. The number of halogens is 2. The summed E-state index contributed by atoms with van der Waals surface area (Å²) in [7, 11) is 1.32. The highest BCUT2D eigenvalue weighted by atomic mass is 35.5. The Kier molecular flexibility index (Phi) is 9.74. The summed E-state index contributed by atoms with van der Waals surface area (Å²) in [5.74, 6) is -0.984. The Balaban J connectivity index is 1.69. The van der Waals surface area contributed by atoms with Gasteiger partial charge < -0.3 is 19.9 Å². The summed E-state index contributed by atoms with van der Waals surface area (Å²) < 4.78 is 10.3. The maximum atomic E-state index is 12.9. The van der Waals surface area contributed by atoms with E-state index in [2.05, 4.69) is 5.32 Å². The first-order chi connectivity index (χ1) is 17.5. The first-order valence-electron chi connectivity index (χ1n) is 11.9. The Morgan fingerprint density at radius 3 is 2.30 bits per heavy atom. The molecule has 37 heavy (non-hydrogen) atoms. The molecule has 0 radical (unpaired) electrons. The van der Waals surface area contributed by atoms with Gasteiger partial charge in [-0.25, -0.2) is 4.79 Å². The number of rotatable bonds is 9. The molecule has 0 aromatic heterocycles. The number of aliphatic hydroxyl groups is 1. The predicted molar refractivity (Wildman–Crippen MR) is 146 cm³/mol. The normalized spacial score (nSPS) is 13.1. The van der Waals surface area contributed by atoms with Gasteiger partial charge in [-0.05, 0) is 68.1 Å². The van der Waals surface area contributed by atoms with Crippen molar-refractivity contribution < 1.29 is 24.2 Å². The maximum Gasteiger partial charge on any atom is 0.337 e. The molecule has 3 rings (SSSR count). The Morgan fingerprint density at radius 2 is 1.70 bits per heavy atom. The van der Waals surface area contributed by atoms with Gasteiger partial charge in [0.2, 0.25) is 0 Å². The molecule has 2 atom stereocenters. The average Bonchev–Trinajstić information content (AvgIpc) is 2.85. The summed E-state index contributed by atoms with van der Waals surface area (Å²) in [6, 6.07) is 18.7. The highest BCUT2D eigenvalue weighted by Gasteiger charge is 2.32. The lowest BCUT2D eigenvalue weighted by molar-refractivity contribution is -0.160. The maximum absolute atomic E-state index is 12.9. The van der Waals surface area contributed by atoms with E-state index in [0.717, 1.165) is 16.7 Å². The molecule has 196 valence electrons. The van der Waals surface area contributed by atoms with Gasteiger partial charge in [0.25, 0.3) is 0 Å². The van der Waals surface area contributed by atoms with Crippen molar-refractivity contribution >= 4 is 35.1 Å². The fraction of sp³-hybridized carbons (Fsp3) is 0.310. The van der Waals surface area contributed by atoms with Gasteiger partial charge in [0.1, 0.15) is 17.7 Å². The Morgan fingerprint density at radius 1 is 1.00 bits per heavy atom. The highest BCUT2D eigenvalue weighted by molar-refractivity contribution is 6.33. The van der Waals surface area contributed by atoms with Gasteiger partial charge in [-0.3, -0.25) is 4.79 Å². The number of carbonyl (C=O) groups is 2. The van der Waals surface area contributed by atoms with E-state index in [1.54, 1.807) is 63.2 Å². The zero-order chi connectivity index (χ0) is 27.2. The lowest BCUT2D eigenvalue weighted by Crippen LogP contribution is -2.46. The Bertz CT molecular complexity index is 1240. The molecule has 0 aliphatic rings. The minimum absolute atomic E-state index is 0.387. The van der Waals surface area contributed by atoms with Gasteiger partial charge in [0.05, 0.1) is 12.7 Å². The minimum Gasteiger partial charge on any atom is -0.465 e. The molecular weight excluding hydrogens is 513 g/mol. The molecule has 0 aliphatic heterocycles. The smallest absolute Gasteiger partial charge is 0.337 e. The van der Waals surface area contributed by atoms with Gasteiger partial charge >= 0.3 is 11.9 Å².